The second-order valence-corrected chi connectivity index (χ2v) is 4.74. The second kappa shape index (κ2) is 6.07. The molecule has 3 aromatic rings. The van der Waals surface area contributed by atoms with Crippen LogP contribution in [0.25, 0.3) is 5.69 Å². The van der Waals surface area contributed by atoms with E-state index in [9.17, 15) is 13.2 Å². The van der Waals surface area contributed by atoms with Crippen LogP contribution in [0.15, 0.2) is 55.0 Å². The molecule has 0 aliphatic heterocycles. The van der Waals surface area contributed by atoms with Gasteiger partial charge in [0.1, 0.15) is 12.1 Å². The number of hydrogen-bond donors (Lipinski definition) is 1. The first-order valence-electron chi connectivity index (χ1n) is 6.75. The lowest BCUT2D eigenvalue weighted by atomic mass is 10.3. The number of nitrogens with zero attached hydrogens (tertiary/aromatic N) is 4. The monoisotopic (exact) mass is 319 g/mol. The van der Waals surface area contributed by atoms with E-state index in [-0.39, 0.29) is 6.54 Å². The van der Waals surface area contributed by atoms with Gasteiger partial charge in [0.2, 0.25) is 0 Å². The number of anilines is 1. The molecule has 0 aliphatic rings. The fourth-order valence-corrected chi connectivity index (χ4v) is 2.02. The number of nitrogens with one attached hydrogen (secondary N) is 1. The Morgan fingerprint density at radius 2 is 1.83 bits per heavy atom. The summed E-state index contributed by atoms with van der Waals surface area (Å²) < 4.78 is 39.3. The number of alkyl halides is 3. The van der Waals surface area contributed by atoms with Gasteiger partial charge < -0.3 is 5.32 Å². The molecule has 0 fully saturated rings. The van der Waals surface area contributed by atoms with Gasteiger partial charge >= 0.3 is 6.18 Å². The van der Waals surface area contributed by atoms with E-state index in [1.165, 1.54) is 6.07 Å². The number of para-hydroxylation sites is 1. The third-order valence-electron chi connectivity index (χ3n) is 3.17. The van der Waals surface area contributed by atoms with Crippen LogP contribution in [0.4, 0.5) is 19.0 Å². The summed E-state index contributed by atoms with van der Waals surface area (Å²) in [5.41, 5.74) is 0.116. The molecular formula is C15H12F3N5. The van der Waals surface area contributed by atoms with Gasteiger partial charge in [-0.3, -0.25) is 4.57 Å². The van der Waals surface area contributed by atoms with Gasteiger partial charge in [0, 0.05) is 11.9 Å². The van der Waals surface area contributed by atoms with Crippen LogP contribution in [0.3, 0.4) is 0 Å². The second-order valence-electron chi connectivity index (χ2n) is 4.74. The molecule has 118 valence electrons. The molecule has 3 rings (SSSR count). The van der Waals surface area contributed by atoms with E-state index in [0.29, 0.717) is 11.6 Å². The van der Waals surface area contributed by atoms with Gasteiger partial charge in [-0.1, -0.05) is 18.2 Å². The molecule has 0 radical (unpaired) electrons. The molecular weight excluding hydrogens is 307 g/mol. The summed E-state index contributed by atoms with van der Waals surface area (Å²) >= 11 is 0. The number of hydrogen-bond acceptors (Lipinski definition) is 4. The van der Waals surface area contributed by atoms with Gasteiger partial charge in [-0.2, -0.15) is 13.2 Å². The Hall–Kier alpha value is -2.90. The van der Waals surface area contributed by atoms with Crippen LogP contribution in [-0.2, 0) is 12.7 Å². The molecule has 2 heterocycles. The maximum Gasteiger partial charge on any atom is 0.417 e. The van der Waals surface area contributed by atoms with E-state index in [1.54, 1.807) is 10.9 Å². The fraction of sp³-hybridized carbons (Fsp3) is 0.133. The van der Waals surface area contributed by atoms with Crippen molar-refractivity contribution in [3.63, 3.8) is 0 Å². The summed E-state index contributed by atoms with van der Waals surface area (Å²) in [6.07, 6.45) is -2.02. The van der Waals surface area contributed by atoms with Crippen LogP contribution in [0.2, 0.25) is 0 Å². The number of rotatable bonds is 4. The lowest BCUT2D eigenvalue weighted by Crippen LogP contribution is -2.09. The zero-order chi connectivity index (χ0) is 16.3. The summed E-state index contributed by atoms with van der Waals surface area (Å²) in [5.74, 6) is 0.957. The first-order chi connectivity index (χ1) is 11.0. The van der Waals surface area contributed by atoms with Gasteiger partial charge in [-0.25, -0.2) is 4.98 Å². The molecule has 0 saturated heterocycles. The predicted octanol–water partition coefficient (Wildman–Crippen LogP) is 3.29. The number of aromatic nitrogens is 4. The first kappa shape index (κ1) is 15.0. The van der Waals surface area contributed by atoms with Gasteiger partial charge in [-0.15, -0.1) is 10.2 Å². The third kappa shape index (κ3) is 3.47. The van der Waals surface area contributed by atoms with Crippen LogP contribution in [0.1, 0.15) is 11.4 Å². The van der Waals surface area contributed by atoms with Crippen molar-refractivity contribution in [2.45, 2.75) is 12.7 Å². The maximum atomic E-state index is 12.5. The molecule has 5 nitrogen and oxygen atoms in total. The zero-order valence-corrected chi connectivity index (χ0v) is 11.8. The largest absolute Gasteiger partial charge is 0.417 e. The van der Waals surface area contributed by atoms with Gasteiger partial charge in [0.05, 0.1) is 12.1 Å². The standard InChI is InChI=1S/C15H12F3N5/c16-15(17,18)11-6-7-13(19-8-11)20-9-14-22-21-10-23(14)12-4-2-1-3-5-12/h1-8,10H,9H2,(H,19,20). The SMILES string of the molecule is FC(F)(F)c1ccc(NCc2nncn2-c2ccccc2)nc1. The molecule has 0 spiro atoms. The highest BCUT2D eigenvalue weighted by Gasteiger charge is 2.30. The highest BCUT2D eigenvalue weighted by molar-refractivity contribution is 5.37. The number of halogens is 3. The summed E-state index contributed by atoms with van der Waals surface area (Å²) in [6.45, 7) is 0.285. The Morgan fingerprint density at radius 1 is 1.04 bits per heavy atom. The molecule has 0 unspecified atom stereocenters. The summed E-state index contributed by atoms with van der Waals surface area (Å²) in [6, 6.07) is 11.8. The van der Waals surface area contributed by atoms with Crippen molar-refractivity contribution in [2.75, 3.05) is 5.32 Å². The Labute approximate surface area is 129 Å². The van der Waals surface area contributed by atoms with Gasteiger partial charge in [0.25, 0.3) is 0 Å². The van der Waals surface area contributed by atoms with E-state index in [4.69, 9.17) is 0 Å². The molecule has 0 atom stereocenters. The number of pyridine rings is 1. The molecule has 0 amide bonds. The zero-order valence-electron chi connectivity index (χ0n) is 11.8. The molecule has 0 aliphatic carbocycles. The normalized spacial score (nSPS) is 11.4. The van der Waals surface area contributed by atoms with Crippen LogP contribution in [-0.4, -0.2) is 19.7 Å². The van der Waals surface area contributed by atoms with Crippen molar-refractivity contribution < 1.29 is 13.2 Å². The summed E-state index contributed by atoms with van der Waals surface area (Å²) in [7, 11) is 0. The average molecular weight is 319 g/mol. The van der Waals surface area contributed by atoms with Gasteiger partial charge in [-0.05, 0) is 24.3 Å². The topological polar surface area (TPSA) is 55.6 Å². The highest BCUT2D eigenvalue weighted by Crippen LogP contribution is 2.28. The molecule has 8 heteroatoms. The molecule has 0 saturated carbocycles. The maximum absolute atomic E-state index is 12.5. The minimum atomic E-state index is -4.39. The van der Waals surface area contributed by atoms with E-state index < -0.39 is 11.7 Å². The van der Waals surface area contributed by atoms with E-state index >= 15 is 0 Å². The van der Waals surface area contributed by atoms with Crippen LogP contribution in [0, 0.1) is 0 Å². The van der Waals surface area contributed by atoms with Crippen LogP contribution >= 0.6 is 0 Å². The molecule has 2 aromatic heterocycles. The van der Waals surface area contributed by atoms with E-state index in [2.05, 4.69) is 20.5 Å². The smallest absolute Gasteiger partial charge is 0.363 e. The Kier molecular flexibility index (Phi) is 3.96. The van der Waals surface area contributed by atoms with Crippen molar-refractivity contribution in [1.82, 2.24) is 19.7 Å². The minimum Gasteiger partial charge on any atom is -0.363 e. The Bertz CT molecular complexity index is 766. The summed E-state index contributed by atoms with van der Waals surface area (Å²) in [5, 5.41) is 10.8. The molecule has 1 aromatic carbocycles. The highest BCUT2D eigenvalue weighted by atomic mass is 19.4. The molecule has 23 heavy (non-hydrogen) atoms. The van der Waals surface area contributed by atoms with Crippen LogP contribution < -0.4 is 5.32 Å². The minimum absolute atomic E-state index is 0.285. The quantitative estimate of drug-likeness (QED) is 0.802. The van der Waals surface area contributed by atoms with Crippen LogP contribution in [0.5, 0.6) is 0 Å². The van der Waals surface area contributed by atoms with Crippen molar-refractivity contribution >= 4 is 5.82 Å². The molecule has 0 bridgehead atoms. The van der Waals surface area contributed by atoms with Gasteiger partial charge in [0.15, 0.2) is 5.82 Å². The predicted molar refractivity (Wildman–Crippen MR) is 77.9 cm³/mol. The van der Waals surface area contributed by atoms with Crippen molar-refractivity contribution in [3.8, 4) is 5.69 Å². The van der Waals surface area contributed by atoms with Crippen molar-refractivity contribution in [3.05, 3.63) is 66.4 Å². The average Bonchev–Trinajstić information content (AvgIpc) is 3.02. The number of benzene rings is 1. The van der Waals surface area contributed by atoms with Crippen molar-refractivity contribution in [2.24, 2.45) is 0 Å². The Morgan fingerprint density at radius 3 is 2.48 bits per heavy atom. The fourth-order valence-electron chi connectivity index (χ4n) is 2.02. The lowest BCUT2D eigenvalue weighted by molar-refractivity contribution is -0.137. The first-order valence-corrected chi connectivity index (χ1v) is 6.75. The third-order valence-corrected chi connectivity index (χ3v) is 3.17. The van der Waals surface area contributed by atoms with Crippen molar-refractivity contribution in [1.29, 1.82) is 0 Å². The van der Waals surface area contributed by atoms with E-state index in [1.807, 2.05) is 30.3 Å². The van der Waals surface area contributed by atoms with E-state index in [0.717, 1.165) is 18.0 Å². The summed E-state index contributed by atoms with van der Waals surface area (Å²) in [4.78, 5) is 3.76. The lowest BCUT2D eigenvalue weighted by Gasteiger charge is -2.09. The Balaban J connectivity index is 1.71. The molecule has 1 N–H and O–H groups in total.